The van der Waals surface area contributed by atoms with Gasteiger partial charge in [-0.1, -0.05) is 0 Å². The second-order valence-electron chi connectivity index (χ2n) is 4.22. The van der Waals surface area contributed by atoms with Gasteiger partial charge in [-0.3, -0.25) is 0 Å². The highest BCUT2D eigenvalue weighted by molar-refractivity contribution is 5.11. The lowest BCUT2D eigenvalue weighted by Crippen LogP contribution is -2.08. The van der Waals surface area contributed by atoms with Gasteiger partial charge in [-0.05, 0) is 64.8 Å². The number of allylic oxidation sites excluding steroid dienone is 4. The van der Waals surface area contributed by atoms with Gasteiger partial charge in [-0.2, -0.15) is 0 Å². The standard InChI is InChI=1S/C13H23NO/c1-11-7-4-5-8-12(2)15-13(11)9-6-10-14-3/h8,14H,4-7,9-10H2,1-3H3/b12-8+,13-11-. The Morgan fingerprint density at radius 1 is 1.40 bits per heavy atom. The molecule has 0 unspecified atom stereocenters. The van der Waals surface area contributed by atoms with Crippen LogP contribution in [0, 0.1) is 0 Å². The lowest BCUT2D eigenvalue weighted by molar-refractivity contribution is 0.278. The minimum Gasteiger partial charge on any atom is -0.467 e. The second-order valence-corrected chi connectivity index (χ2v) is 4.22. The summed E-state index contributed by atoms with van der Waals surface area (Å²) in [5.41, 5.74) is 1.43. The van der Waals surface area contributed by atoms with Gasteiger partial charge in [-0.25, -0.2) is 0 Å². The monoisotopic (exact) mass is 209 g/mol. The molecule has 86 valence electrons. The van der Waals surface area contributed by atoms with Crippen molar-refractivity contribution in [2.75, 3.05) is 13.6 Å². The zero-order chi connectivity index (χ0) is 11.1. The summed E-state index contributed by atoms with van der Waals surface area (Å²) in [4.78, 5) is 0. The first kappa shape index (κ1) is 12.3. The Labute approximate surface area is 93.4 Å². The van der Waals surface area contributed by atoms with E-state index in [0.717, 1.165) is 31.6 Å². The largest absolute Gasteiger partial charge is 0.467 e. The van der Waals surface area contributed by atoms with E-state index in [1.807, 2.05) is 7.05 Å². The molecule has 0 spiro atoms. The molecule has 0 saturated carbocycles. The quantitative estimate of drug-likeness (QED) is 0.717. The van der Waals surface area contributed by atoms with E-state index in [2.05, 4.69) is 25.2 Å². The van der Waals surface area contributed by atoms with Crippen LogP contribution in [-0.2, 0) is 4.74 Å². The minimum atomic E-state index is 1.05. The summed E-state index contributed by atoms with van der Waals surface area (Å²) in [7, 11) is 1.99. The molecule has 0 aromatic heterocycles. The van der Waals surface area contributed by atoms with Gasteiger partial charge in [0.1, 0.15) is 5.76 Å². The molecule has 0 radical (unpaired) electrons. The van der Waals surface area contributed by atoms with Crippen LogP contribution in [0.4, 0.5) is 0 Å². The predicted octanol–water partition coefficient (Wildman–Crippen LogP) is 3.36. The summed E-state index contributed by atoms with van der Waals surface area (Å²) < 4.78 is 5.86. The van der Waals surface area contributed by atoms with Crippen molar-refractivity contribution in [1.29, 1.82) is 0 Å². The van der Waals surface area contributed by atoms with E-state index in [1.54, 1.807) is 0 Å². The van der Waals surface area contributed by atoms with Gasteiger partial charge in [0.25, 0.3) is 0 Å². The summed E-state index contributed by atoms with van der Waals surface area (Å²) >= 11 is 0. The average molecular weight is 209 g/mol. The molecular weight excluding hydrogens is 186 g/mol. The molecule has 2 heteroatoms. The molecule has 0 bridgehead atoms. The SMILES string of the molecule is CNCCC/C1=C(\C)CCC/C=C(\C)O1. The molecule has 0 atom stereocenters. The van der Waals surface area contributed by atoms with Crippen molar-refractivity contribution in [3.8, 4) is 0 Å². The number of ether oxygens (including phenoxy) is 1. The third-order valence-corrected chi connectivity index (χ3v) is 2.78. The van der Waals surface area contributed by atoms with Crippen molar-refractivity contribution in [3.05, 3.63) is 23.2 Å². The Morgan fingerprint density at radius 2 is 2.20 bits per heavy atom. The summed E-state index contributed by atoms with van der Waals surface area (Å²) in [6.45, 7) is 5.31. The van der Waals surface area contributed by atoms with Crippen LogP contribution in [0.1, 0.15) is 46.0 Å². The molecule has 1 heterocycles. The van der Waals surface area contributed by atoms with Gasteiger partial charge >= 0.3 is 0 Å². The number of rotatable bonds is 4. The molecule has 0 aliphatic carbocycles. The van der Waals surface area contributed by atoms with Crippen LogP contribution >= 0.6 is 0 Å². The van der Waals surface area contributed by atoms with Crippen molar-refractivity contribution < 1.29 is 4.74 Å². The van der Waals surface area contributed by atoms with Crippen LogP contribution in [0.3, 0.4) is 0 Å². The van der Waals surface area contributed by atoms with Gasteiger partial charge in [-0.15, -0.1) is 0 Å². The van der Waals surface area contributed by atoms with E-state index in [9.17, 15) is 0 Å². The maximum Gasteiger partial charge on any atom is 0.102 e. The first-order valence-electron chi connectivity index (χ1n) is 5.92. The van der Waals surface area contributed by atoms with Gasteiger partial charge in [0, 0.05) is 6.42 Å². The highest BCUT2D eigenvalue weighted by Gasteiger charge is 2.08. The molecule has 0 saturated heterocycles. The Bertz CT molecular complexity index is 253. The highest BCUT2D eigenvalue weighted by atomic mass is 16.5. The molecule has 2 nitrogen and oxygen atoms in total. The van der Waals surface area contributed by atoms with Crippen molar-refractivity contribution >= 4 is 0 Å². The van der Waals surface area contributed by atoms with E-state index >= 15 is 0 Å². The summed E-state index contributed by atoms with van der Waals surface area (Å²) in [5.74, 6) is 2.26. The molecule has 1 aliphatic rings. The molecule has 0 aromatic carbocycles. The van der Waals surface area contributed by atoms with Crippen molar-refractivity contribution in [2.45, 2.75) is 46.0 Å². The van der Waals surface area contributed by atoms with Crippen LogP contribution in [0.25, 0.3) is 0 Å². The Balaban J connectivity index is 2.55. The second kappa shape index (κ2) is 6.67. The number of nitrogens with one attached hydrogen (secondary N) is 1. The molecule has 1 rings (SSSR count). The first-order valence-corrected chi connectivity index (χ1v) is 5.92. The fourth-order valence-corrected chi connectivity index (χ4v) is 1.83. The smallest absolute Gasteiger partial charge is 0.102 e. The third-order valence-electron chi connectivity index (χ3n) is 2.78. The molecule has 15 heavy (non-hydrogen) atoms. The number of hydrogen-bond acceptors (Lipinski definition) is 2. The summed E-state index contributed by atoms with van der Waals surface area (Å²) in [5, 5.41) is 3.17. The molecule has 1 N–H and O–H groups in total. The fourth-order valence-electron chi connectivity index (χ4n) is 1.83. The lowest BCUT2D eigenvalue weighted by atomic mass is 10.0. The van der Waals surface area contributed by atoms with E-state index in [4.69, 9.17) is 4.74 Å². The topological polar surface area (TPSA) is 21.3 Å². The maximum absolute atomic E-state index is 5.86. The molecule has 0 amide bonds. The summed E-state index contributed by atoms with van der Waals surface area (Å²) in [6, 6.07) is 0. The molecule has 0 fully saturated rings. The van der Waals surface area contributed by atoms with Gasteiger partial charge in [0.15, 0.2) is 0 Å². The van der Waals surface area contributed by atoms with Crippen LogP contribution in [0.2, 0.25) is 0 Å². The van der Waals surface area contributed by atoms with Crippen LogP contribution < -0.4 is 5.32 Å². The zero-order valence-corrected chi connectivity index (χ0v) is 10.2. The minimum absolute atomic E-state index is 1.05. The first-order chi connectivity index (χ1) is 7.24. The van der Waals surface area contributed by atoms with Crippen LogP contribution in [0.15, 0.2) is 23.2 Å². The van der Waals surface area contributed by atoms with E-state index in [0.29, 0.717) is 0 Å². The number of hydrogen-bond donors (Lipinski definition) is 1. The van der Waals surface area contributed by atoms with Crippen molar-refractivity contribution in [2.24, 2.45) is 0 Å². The van der Waals surface area contributed by atoms with E-state index in [1.165, 1.54) is 24.2 Å². The Hall–Kier alpha value is -0.760. The van der Waals surface area contributed by atoms with Gasteiger partial charge in [0.2, 0.25) is 0 Å². The van der Waals surface area contributed by atoms with Crippen LogP contribution in [0.5, 0.6) is 0 Å². The Morgan fingerprint density at radius 3 is 2.93 bits per heavy atom. The molecule has 0 aromatic rings. The third kappa shape index (κ3) is 4.52. The zero-order valence-electron chi connectivity index (χ0n) is 10.2. The molecular formula is C13H23NO. The molecule has 1 aliphatic heterocycles. The van der Waals surface area contributed by atoms with Crippen molar-refractivity contribution in [1.82, 2.24) is 5.32 Å². The average Bonchev–Trinajstić information content (AvgIpc) is 2.21. The van der Waals surface area contributed by atoms with Gasteiger partial charge in [0.05, 0.1) is 5.76 Å². The predicted molar refractivity (Wildman–Crippen MR) is 64.6 cm³/mol. The normalized spacial score (nSPS) is 26.2. The van der Waals surface area contributed by atoms with Crippen LogP contribution in [-0.4, -0.2) is 13.6 Å². The van der Waals surface area contributed by atoms with E-state index < -0.39 is 0 Å². The maximum atomic E-state index is 5.86. The van der Waals surface area contributed by atoms with E-state index in [-0.39, 0.29) is 0 Å². The lowest BCUT2D eigenvalue weighted by Gasteiger charge is -2.16. The Kier molecular flexibility index (Phi) is 5.48. The fraction of sp³-hybridized carbons (Fsp3) is 0.692. The highest BCUT2D eigenvalue weighted by Crippen LogP contribution is 2.23. The van der Waals surface area contributed by atoms with Crippen molar-refractivity contribution in [3.63, 3.8) is 0 Å². The summed E-state index contributed by atoms with van der Waals surface area (Å²) in [6.07, 6.45) is 7.98. The van der Waals surface area contributed by atoms with Gasteiger partial charge < -0.3 is 10.1 Å².